The first kappa shape index (κ1) is 12.5. The van der Waals surface area contributed by atoms with Crippen LogP contribution in [0.2, 0.25) is 0 Å². The predicted molar refractivity (Wildman–Crippen MR) is 59.9 cm³/mol. The summed E-state index contributed by atoms with van der Waals surface area (Å²) < 4.78 is 5.17. The molecule has 1 heterocycles. The highest BCUT2D eigenvalue weighted by Gasteiger charge is 2.37. The van der Waals surface area contributed by atoms with Gasteiger partial charge in [-0.2, -0.15) is 0 Å². The van der Waals surface area contributed by atoms with Crippen LogP contribution in [0.15, 0.2) is 0 Å². The fraction of sp³-hybridized carbons (Fsp3) is 0.800. The minimum atomic E-state index is -0.559. The number of ether oxygens (including phenoxy) is 1. The fourth-order valence-corrected chi connectivity index (χ4v) is 2.06. The molecule has 0 spiro atoms. The lowest BCUT2D eigenvalue weighted by molar-refractivity contribution is -0.127. The van der Waals surface area contributed by atoms with E-state index in [-0.39, 0.29) is 11.9 Å². The van der Waals surface area contributed by atoms with Gasteiger partial charge in [0.05, 0.1) is 6.04 Å². The van der Waals surface area contributed by atoms with Crippen LogP contribution in [-0.2, 0) is 9.53 Å². The summed E-state index contributed by atoms with van der Waals surface area (Å²) in [6.07, 6.45) is 0.605. The monoisotopic (exact) mass is 277 g/mol. The van der Waals surface area contributed by atoms with Gasteiger partial charge in [-0.05, 0) is 27.2 Å². The van der Waals surface area contributed by atoms with Crippen molar-refractivity contribution in [1.82, 2.24) is 4.90 Å². The van der Waals surface area contributed by atoms with E-state index in [0.717, 1.165) is 0 Å². The maximum Gasteiger partial charge on any atom is 0.417 e. The summed E-state index contributed by atoms with van der Waals surface area (Å²) in [6, 6.07) is -0.0626. The predicted octanol–water partition coefficient (Wildman–Crippen LogP) is 2.31. The molecule has 1 aliphatic heterocycles. The highest BCUT2D eigenvalue weighted by molar-refractivity contribution is 9.09. The zero-order valence-corrected chi connectivity index (χ0v) is 10.8. The van der Waals surface area contributed by atoms with E-state index < -0.39 is 11.7 Å². The van der Waals surface area contributed by atoms with Crippen LogP contribution < -0.4 is 0 Å². The minimum Gasteiger partial charge on any atom is -0.443 e. The lowest BCUT2D eigenvalue weighted by Gasteiger charge is -2.26. The summed E-state index contributed by atoms with van der Waals surface area (Å²) in [5.41, 5.74) is -0.559. The SMILES string of the molecule is CC(C)(C)OC(=O)N1C(=O)CC[C@@H]1CBr. The van der Waals surface area contributed by atoms with Crippen LogP contribution in [-0.4, -0.2) is 33.9 Å². The van der Waals surface area contributed by atoms with E-state index in [1.807, 2.05) is 0 Å². The summed E-state index contributed by atoms with van der Waals surface area (Å²) >= 11 is 3.29. The van der Waals surface area contributed by atoms with E-state index in [0.29, 0.717) is 18.2 Å². The molecular weight excluding hydrogens is 262 g/mol. The van der Waals surface area contributed by atoms with Crippen LogP contribution in [0.1, 0.15) is 33.6 Å². The van der Waals surface area contributed by atoms with Gasteiger partial charge in [-0.3, -0.25) is 4.79 Å². The second kappa shape index (κ2) is 4.51. The van der Waals surface area contributed by atoms with Gasteiger partial charge in [0.1, 0.15) is 5.60 Å². The number of imide groups is 1. The number of nitrogens with zero attached hydrogens (tertiary/aromatic N) is 1. The third kappa shape index (κ3) is 3.19. The molecule has 0 aromatic carbocycles. The molecule has 86 valence electrons. The number of carbonyl (C=O) groups is 2. The second-order valence-electron chi connectivity index (χ2n) is 4.59. The Morgan fingerprint density at radius 3 is 2.67 bits per heavy atom. The van der Waals surface area contributed by atoms with Crippen LogP contribution in [0.4, 0.5) is 4.79 Å². The molecule has 1 fully saturated rings. The van der Waals surface area contributed by atoms with E-state index in [4.69, 9.17) is 4.74 Å². The molecule has 0 aromatic heterocycles. The maximum absolute atomic E-state index is 11.7. The normalized spacial score (nSPS) is 22.0. The summed E-state index contributed by atoms with van der Waals surface area (Å²) in [6.45, 7) is 5.36. The lowest BCUT2D eigenvalue weighted by Crippen LogP contribution is -2.42. The third-order valence-electron chi connectivity index (χ3n) is 2.09. The van der Waals surface area contributed by atoms with Gasteiger partial charge in [-0.1, -0.05) is 15.9 Å². The molecule has 5 heteroatoms. The molecular formula is C10H16BrNO3. The summed E-state index contributed by atoms with van der Waals surface area (Å²) in [5, 5.41) is 0.609. The van der Waals surface area contributed by atoms with E-state index in [2.05, 4.69) is 15.9 Å². The number of alkyl halides is 1. The van der Waals surface area contributed by atoms with Crippen LogP contribution >= 0.6 is 15.9 Å². The number of hydrogen-bond acceptors (Lipinski definition) is 3. The Labute approximate surface area is 98.1 Å². The van der Waals surface area contributed by atoms with Crippen molar-refractivity contribution in [2.75, 3.05) is 5.33 Å². The molecule has 1 rings (SSSR count). The number of hydrogen-bond donors (Lipinski definition) is 0. The fourth-order valence-electron chi connectivity index (χ4n) is 1.45. The first-order chi connectivity index (χ1) is 6.85. The summed E-state index contributed by atoms with van der Waals surface area (Å²) in [4.78, 5) is 24.4. The molecule has 0 N–H and O–H groups in total. The van der Waals surface area contributed by atoms with Gasteiger partial charge in [-0.25, -0.2) is 9.69 Å². The molecule has 1 aliphatic rings. The Hall–Kier alpha value is -0.580. The van der Waals surface area contributed by atoms with E-state index in [9.17, 15) is 9.59 Å². The topological polar surface area (TPSA) is 46.6 Å². The molecule has 2 amide bonds. The molecule has 0 aromatic rings. The summed E-state index contributed by atoms with van der Waals surface area (Å²) in [7, 11) is 0. The molecule has 0 unspecified atom stereocenters. The van der Waals surface area contributed by atoms with Crippen LogP contribution in [0, 0.1) is 0 Å². The number of halogens is 1. The smallest absolute Gasteiger partial charge is 0.417 e. The van der Waals surface area contributed by atoms with E-state index in [1.54, 1.807) is 20.8 Å². The van der Waals surface area contributed by atoms with Crippen molar-refractivity contribution in [1.29, 1.82) is 0 Å². The molecule has 0 radical (unpaired) electrons. The maximum atomic E-state index is 11.7. The van der Waals surface area contributed by atoms with Crippen LogP contribution in [0.25, 0.3) is 0 Å². The molecule has 0 aliphatic carbocycles. The van der Waals surface area contributed by atoms with Gasteiger partial charge in [0.2, 0.25) is 5.91 Å². The largest absolute Gasteiger partial charge is 0.443 e. The van der Waals surface area contributed by atoms with Crippen molar-refractivity contribution in [2.24, 2.45) is 0 Å². The standard InChI is InChI=1S/C10H16BrNO3/c1-10(2,3)15-9(14)12-7(6-11)4-5-8(12)13/h7H,4-6H2,1-3H3/t7-/m1/s1. The Morgan fingerprint density at radius 1 is 1.60 bits per heavy atom. The van der Waals surface area contributed by atoms with Crippen molar-refractivity contribution in [3.05, 3.63) is 0 Å². The Bertz CT molecular complexity index is 272. The highest BCUT2D eigenvalue weighted by Crippen LogP contribution is 2.23. The van der Waals surface area contributed by atoms with E-state index in [1.165, 1.54) is 4.90 Å². The van der Waals surface area contributed by atoms with Gasteiger partial charge < -0.3 is 4.74 Å². The molecule has 0 saturated carbocycles. The number of rotatable bonds is 1. The van der Waals surface area contributed by atoms with Crippen LogP contribution in [0.5, 0.6) is 0 Å². The van der Waals surface area contributed by atoms with E-state index >= 15 is 0 Å². The number of carbonyl (C=O) groups excluding carboxylic acids is 2. The van der Waals surface area contributed by atoms with Gasteiger partial charge in [0.15, 0.2) is 0 Å². The molecule has 1 atom stereocenters. The van der Waals surface area contributed by atoms with Gasteiger partial charge in [0.25, 0.3) is 0 Å². The van der Waals surface area contributed by atoms with Crippen molar-refractivity contribution >= 4 is 27.9 Å². The molecule has 15 heavy (non-hydrogen) atoms. The molecule has 0 bridgehead atoms. The highest BCUT2D eigenvalue weighted by atomic mass is 79.9. The molecule has 4 nitrogen and oxygen atoms in total. The van der Waals surface area contributed by atoms with Crippen molar-refractivity contribution in [3.63, 3.8) is 0 Å². The Kier molecular flexibility index (Phi) is 3.76. The first-order valence-corrected chi connectivity index (χ1v) is 6.08. The second-order valence-corrected chi connectivity index (χ2v) is 5.24. The number of amides is 2. The average Bonchev–Trinajstić information content (AvgIpc) is 2.43. The van der Waals surface area contributed by atoms with Gasteiger partial charge in [0, 0.05) is 11.8 Å². The van der Waals surface area contributed by atoms with Crippen molar-refractivity contribution < 1.29 is 14.3 Å². The zero-order chi connectivity index (χ0) is 11.6. The van der Waals surface area contributed by atoms with Crippen molar-refractivity contribution in [2.45, 2.75) is 45.3 Å². The quantitative estimate of drug-likeness (QED) is 0.691. The average molecular weight is 278 g/mol. The third-order valence-corrected chi connectivity index (χ3v) is 2.84. The van der Waals surface area contributed by atoms with Crippen molar-refractivity contribution in [3.8, 4) is 0 Å². The Morgan fingerprint density at radius 2 is 2.20 bits per heavy atom. The van der Waals surface area contributed by atoms with Crippen LogP contribution in [0.3, 0.4) is 0 Å². The Balaban J connectivity index is 2.69. The number of likely N-dealkylation sites (tertiary alicyclic amines) is 1. The summed E-state index contributed by atoms with van der Waals surface area (Å²) in [5.74, 6) is -0.145. The van der Waals surface area contributed by atoms with Gasteiger partial charge >= 0.3 is 6.09 Å². The zero-order valence-electron chi connectivity index (χ0n) is 9.25. The lowest BCUT2D eigenvalue weighted by atomic mass is 10.2. The first-order valence-electron chi connectivity index (χ1n) is 4.96. The molecule has 1 saturated heterocycles. The van der Waals surface area contributed by atoms with Gasteiger partial charge in [-0.15, -0.1) is 0 Å². The minimum absolute atomic E-state index is 0.0626.